The van der Waals surface area contributed by atoms with E-state index in [0.29, 0.717) is 6.04 Å². The standard InChI is InChI=1S/C19H31NO/c1-3-4-5-6-7-8-15-20-19(16-9-10-16)17-11-13-18(21-2)14-12-17/h11-14,16,19-20H,3-10,15H2,1-2H3. The van der Waals surface area contributed by atoms with Crippen molar-refractivity contribution in [2.24, 2.45) is 5.92 Å². The lowest BCUT2D eigenvalue weighted by atomic mass is 10.0. The van der Waals surface area contributed by atoms with Crippen molar-refractivity contribution in [3.63, 3.8) is 0 Å². The van der Waals surface area contributed by atoms with E-state index in [1.165, 1.54) is 56.9 Å². The zero-order valence-electron chi connectivity index (χ0n) is 13.7. The molecule has 1 unspecified atom stereocenters. The second kappa shape index (κ2) is 9.09. The highest BCUT2D eigenvalue weighted by Crippen LogP contribution is 2.41. The van der Waals surface area contributed by atoms with Gasteiger partial charge < -0.3 is 10.1 Å². The summed E-state index contributed by atoms with van der Waals surface area (Å²) < 4.78 is 5.25. The minimum Gasteiger partial charge on any atom is -0.497 e. The van der Waals surface area contributed by atoms with Gasteiger partial charge in [-0.3, -0.25) is 0 Å². The Morgan fingerprint density at radius 1 is 1.05 bits per heavy atom. The largest absolute Gasteiger partial charge is 0.497 e. The van der Waals surface area contributed by atoms with Gasteiger partial charge >= 0.3 is 0 Å². The van der Waals surface area contributed by atoms with Crippen molar-refractivity contribution in [3.05, 3.63) is 29.8 Å². The Morgan fingerprint density at radius 2 is 1.71 bits per heavy atom. The highest BCUT2D eigenvalue weighted by molar-refractivity contribution is 5.30. The average molecular weight is 289 g/mol. The topological polar surface area (TPSA) is 21.3 Å². The van der Waals surface area contributed by atoms with Crippen molar-refractivity contribution in [1.29, 1.82) is 0 Å². The minimum atomic E-state index is 0.548. The molecule has 118 valence electrons. The number of ether oxygens (including phenoxy) is 1. The summed E-state index contributed by atoms with van der Waals surface area (Å²) in [4.78, 5) is 0. The van der Waals surface area contributed by atoms with Crippen LogP contribution in [0.25, 0.3) is 0 Å². The number of nitrogens with one attached hydrogen (secondary N) is 1. The maximum absolute atomic E-state index is 5.25. The van der Waals surface area contributed by atoms with E-state index >= 15 is 0 Å². The molecule has 1 aliphatic carbocycles. The Bertz CT molecular complexity index is 383. The third-order valence-corrected chi connectivity index (χ3v) is 4.46. The molecule has 2 nitrogen and oxygen atoms in total. The first-order valence-corrected chi connectivity index (χ1v) is 8.72. The molecular formula is C19H31NO. The van der Waals surface area contributed by atoms with Crippen LogP contribution >= 0.6 is 0 Å². The van der Waals surface area contributed by atoms with Crippen LogP contribution in [0.3, 0.4) is 0 Å². The maximum Gasteiger partial charge on any atom is 0.118 e. The van der Waals surface area contributed by atoms with Crippen molar-refractivity contribution in [2.45, 2.75) is 64.3 Å². The molecule has 1 atom stereocenters. The molecule has 0 aliphatic heterocycles. The molecule has 0 aromatic heterocycles. The predicted octanol–water partition coefficient (Wildman–Crippen LogP) is 5.10. The van der Waals surface area contributed by atoms with Crippen LogP contribution in [-0.4, -0.2) is 13.7 Å². The van der Waals surface area contributed by atoms with Crippen molar-refractivity contribution >= 4 is 0 Å². The Kier molecular flexibility index (Phi) is 7.08. The van der Waals surface area contributed by atoms with Gasteiger partial charge in [-0.05, 0) is 49.4 Å². The lowest BCUT2D eigenvalue weighted by Crippen LogP contribution is -2.24. The molecule has 21 heavy (non-hydrogen) atoms. The van der Waals surface area contributed by atoms with Crippen LogP contribution in [0.4, 0.5) is 0 Å². The molecular weight excluding hydrogens is 258 g/mol. The maximum atomic E-state index is 5.25. The lowest BCUT2D eigenvalue weighted by molar-refractivity contribution is 0.413. The van der Waals surface area contributed by atoms with E-state index in [1.807, 2.05) is 0 Å². The summed E-state index contributed by atoms with van der Waals surface area (Å²) in [5.41, 5.74) is 1.42. The normalized spacial score (nSPS) is 15.9. The zero-order valence-corrected chi connectivity index (χ0v) is 13.7. The summed E-state index contributed by atoms with van der Waals surface area (Å²) in [6.45, 7) is 3.43. The molecule has 0 heterocycles. The van der Waals surface area contributed by atoms with Crippen molar-refractivity contribution in [3.8, 4) is 5.75 Å². The molecule has 2 rings (SSSR count). The fourth-order valence-corrected chi connectivity index (χ4v) is 2.96. The van der Waals surface area contributed by atoms with Crippen molar-refractivity contribution < 1.29 is 4.74 Å². The van der Waals surface area contributed by atoms with Crippen LogP contribution in [0.5, 0.6) is 5.75 Å². The predicted molar refractivity (Wildman–Crippen MR) is 89.8 cm³/mol. The molecule has 1 N–H and O–H groups in total. The number of rotatable bonds is 11. The summed E-state index contributed by atoms with van der Waals surface area (Å²) in [6.07, 6.45) is 11.0. The highest BCUT2D eigenvalue weighted by Gasteiger charge is 2.31. The highest BCUT2D eigenvalue weighted by atomic mass is 16.5. The molecule has 0 spiro atoms. The van der Waals surface area contributed by atoms with E-state index < -0.39 is 0 Å². The molecule has 0 saturated heterocycles. The minimum absolute atomic E-state index is 0.548. The van der Waals surface area contributed by atoms with Gasteiger partial charge in [-0.25, -0.2) is 0 Å². The fraction of sp³-hybridized carbons (Fsp3) is 0.684. The number of hydrogen-bond acceptors (Lipinski definition) is 2. The summed E-state index contributed by atoms with van der Waals surface area (Å²) in [5.74, 6) is 1.79. The van der Waals surface area contributed by atoms with Crippen LogP contribution in [0.15, 0.2) is 24.3 Å². The molecule has 1 aromatic carbocycles. The number of benzene rings is 1. The van der Waals surface area contributed by atoms with Crippen LogP contribution < -0.4 is 10.1 Å². The molecule has 1 aliphatic rings. The Morgan fingerprint density at radius 3 is 2.33 bits per heavy atom. The molecule has 1 aromatic rings. The molecule has 0 radical (unpaired) electrons. The Balaban J connectivity index is 1.72. The van der Waals surface area contributed by atoms with Gasteiger partial charge in [0.1, 0.15) is 5.75 Å². The summed E-state index contributed by atoms with van der Waals surface area (Å²) in [5, 5.41) is 3.79. The third-order valence-electron chi connectivity index (χ3n) is 4.46. The zero-order chi connectivity index (χ0) is 14.9. The fourth-order valence-electron chi connectivity index (χ4n) is 2.96. The summed E-state index contributed by atoms with van der Waals surface area (Å²) in [6, 6.07) is 9.15. The Hall–Kier alpha value is -1.02. The summed E-state index contributed by atoms with van der Waals surface area (Å²) >= 11 is 0. The van der Waals surface area contributed by atoms with E-state index in [0.717, 1.165) is 18.2 Å². The van der Waals surface area contributed by atoms with Gasteiger partial charge in [0.15, 0.2) is 0 Å². The van der Waals surface area contributed by atoms with E-state index in [9.17, 15) is 0 Å². The Labute approximate surface area is 130 Å². The molecule has 2 heteroatoms. The van der Waals surface area contributed by atoms with Crippen molar-refractivity contribution in [2.75, 3.05) is 13.7 Å². The summed E-state index contributed by atoms with van der Waals surface area (Å²) in [7, 11) is 1.73. The van der Waals surface area contributed by atoms with Gasteiger partial charge in [0.25, 0.3) is 0 Å². The first-order chi connectivity index (χ1) is 10.3. The average Bonchev–Trinajstić information content (AvgIpc) is 3.35. The SMILES string of the molecule is CCCCCCCCNC(c1ccc(OC)cc1)C1CC1. The first-order valence-electron chi connectivity index (χ1n) is 8.72. The second-order valence-corrected chi connectivity index (χ2v) is 6.31. The van der Waals surface area contributed by atoms with Crippen LogP contribution in [0.2, 0.25) is 0 Å². The van der Waals surface area contributed by atoms with E-state index in [4.69, 9.17) is 4.74 Å². The third kappa shape index (κ3) is 5.70. The molecule has 1 saturated carbocycles. The number of hydrogen-bond donors (Lipinski definition) is 1. The monoisotopic (exact) mass is 289 g/mol. The quantitative estimate of drug-likeness (QED) is 0.572. The first kappa shape index (κ1) is 16.4. The van der Waals surface area contributed by atoms with Gasteiger partial charge in [-0.1, -0.05) is 51.2 Å². The molecule has 0 bridgehead atoms. The van der Waals surface area contributed by atoms with Gasteiger partial charge in [0.2, 0.25) is 0 Å². The van der Waals surface area contributed by atoms with Crippen LogP contribution in [-0.2, 0) is 0 Å². The van der Waals surface area contributed by atoms with E-state index in [-0.39, 0.29) is 0 Å². The number of unbranched alkanes of at least 4 members (excludes halogenated alkanes) is 5. The van der Waals surface area contributed by atoms with E-state index in [2.05, 4.69) is 36.5 Å². The van der Waals surface area contributed by atoms with Crippen LogP contribution in [0.1, 0.15) is 69.9 Å². The van der Waals surface area contributed by atoms with Gasteiger partial charge in [0, 0.05) is 6.04 Å². The van der Waals surface area contributed by atoms with Crippen LogP contribution in [0, 0.1) is 5.92 Å². The van der Waals surface area contributed by atoms with Gasteiger partial charge in [-0.15, -0.1) is 0 Å². The molecule has 1 fully saturated rings. The smallest absolute Gasteiger partial charge is 0.118 e. The van der Waals surface area contributed by atoms with Gasteiger partial charge in [0.05, 0.1) is 7.11 Å². The van der Waals surface area contributed by atoms with E-state index in [1.54, 1.807) is 7.11 Å². The second-order valence-electron chi connectivity index (χ2n) is 6.31. The van der Waals surface area contributed by atoms with Gasteiger partial charge in [-0.2, -0.15) is 0 Å². The number of methoxy groups -OCH3 is 1. The van der Waals surface area contributed by atoms with Crippen molar-refractivity contribution in [1.82, 2.24) is 5.32 Å². The molecule has 0 amide bonds. The lowest BCUT2D eigenvalue weighted by Gasteiger charge is -2.19.